The second kappa shape index (κ2) is 51.2. The van der Waals surface area contributed by atoms with Crippen LogP contribution in [0.15, 0.2) is 79.9 Å². The van der Waals surface area contributed by atoms with E-state index in [0.29, 0.717) is 34.2 Å². The number of nitriles is 1. The summed E-state index contributed by atoms with van der Waals surface area (Å²) in [5.41, 5.74) is 8.08. The minimum atomic E-state index is -1.67. The van der Waals surface area contributed by atoms with Crippen LogP contribution < -0.4 is 19.7 Å². The van der Waals surface area contributed by atoms with E-state index in [-0.39, 0.29) is 18.3 Å². The van der Waals surface area contributed by atoms with Crippen molar-refractivity contribution in [1.82, 2.24) is 34.9 Å². The number of hydrogen-bond donors (Lipinski definition) is 2. The third-order valence-corrected chi connectivity index (χ3v) is 27.5. The summed E-state index contributed by atoms with van der Waals surface area (Å²) in [6.45, 7) is 52.6. The van der Waals surface area contributed by atoms with Crippen LogP contribution in [0.25, 0.3) is 20.9 Å². The van der Waals surface area contributed by atoms with Gasteiger partial charge in [-0.15, -0.1) is 79.4 Å². The lowest BCUT2D eigenvalue weighted by Gasteiger charge is -2.32. The maximum atomic E-state index is 12.4. The first-order valence-corrected chi connectivity index (χ1v) is 54.4. The number of carboxylic acids is 1. The maximum absolute atomic E-state index is 12.4. The number of fused-ring (bicyclic) bond motifs is 3. The fraction of sp³-hybridized carbons (Fsp3) is 0.526. The Kier molecular flexibility index (Phi) is 43.1. The lowest BCUT2D eigenvalue weighted by Crippen LogP contribution is -2.41. The zero-order valence-electron chi connectivity index (χ0n) is 83.9. The number of carbonyl (C=O) groups is 6. The van der Waals surface area contributed by atoms with Gasteiger partial charge < -0.3 is 76.1 Å². The summed E-state index contributed by atoms with van der Waals surface area (Å²) in [7, 11) is 3.34. The monoisotopic (exact) mass is 2100 g/mol. The number of ether oxygens (including phenoxy) is 11. The number of halogens is 1. The van der Waals surface area contributed by atoms with Gasteiger partial charge in [0.2, 0.25) is 0 Å². The van der Waals surface area contributed by atoms with Crippen molar-refractivity contribution in [2.45, 2.75) is 288 Å². The summed E-state index contributed by atoms with van der Waals surface area (Å²) in [6.07, 6.45) is 1.66. The highest BCUT2D eigenvalue weighted by atomic mass is 79.9. The van der Waals surface area contributed by atoms with Gasteiger partial charge in [-0.05, 0) is 309 Å². The van der Waals surface area contributed by atoms with E-state index in [1.807, 2.05) is 172 Å². The molecule has 40 heteroatoms. The molecule has 1 saturated heterocycles. The quantitative estimate of drug-likeness (QED) is 0.0292. The minimum Gasteiger partial charge on any atom is -0.493 e. The van der Waals surface area contributed by atoms with Gasteiger partial charge in [-0.2, -0.15) is 5.26 Å². The molecule has 1 fully saturated rings. The average molecular weight is 2100 g/mol. The van der Waals surface area contributed by atoms with E-state index < -0.39 is 97.2 Å². The summed E-state index contributed by atoms with van der Waals surface area (Å²) in [5.74, 6) is -0.134. The number of nitrogens with zero attached hydrogens (tertiary/aromatic N) is 8. The van der Waals surface area contributed by atoms with Crippen LogP contribution in [0.3, 0.4) is 0 Å². The maximum Gasteiger partial charge on any atom is 0.494 e. The second-order valence-electron chi connectivity index (χ2n) is 37.5. The summed E-state index contributed by atoms with van der Waals surface area (Å²) in [4.78, 5) is 99.9. The van der Waals surface area contributed by atoms with E-state index in [4.69, 9.17) is 66.4 Å². The van der Waals surface area contributed by atoms with Gasteiger partial charge >= 0.3 is 37.0 Å². The topological polar surface area (TPSA) is 386 Å². The van der Waals surface area contributed by atoms with Gasteiger partial charge in [-0.1, -0.05) is 12.1 Å². The molecule has 3 aromatic carbocycles. The highest BCUT2D eigenvalue weighted by molar-refractivity contribution is 9.11. The van der Waals surface area contributed by atoms with Crippen LogP contribution in [0.1, 0.15) is 263 Å². The normalized spacial score (nSPS) is 15.3. The predicted molar refractivity (Wildman–Crippen MR) is 543 cm³/mol. The van der Waals surface area contributed by atoms with Crippen LogP contribution >= 0.6 is 95.3 Å². The van der Waals surface area contributed by atoms with Crippen LogP contribution in [0.5, 0.6) is 17.2 Å². The number of carboxylic acid groups (broad SMARTS) is 1. The third kappa shape index (κ3) is 36.2. The van der Waals surface area contributed by atoms with Crippen molar-refractivity contribution in [3.8, 4) is 44.2 Å². The number of aliphatic carboxylic acids is 1. The summed E-state index contributed by atoms with van der Waals surface area (Å²) >= 11 is 13.8. The largest absolute Gasteiger partial charge is 0.494 e. The number of esters is 4. The Balaban J connectivity index is 0.000000218. The first-order valence-electron chi connectivity index (χ1n) is 44.2. The van der Waals surface area contributed by atoms with Crippen LogP contribution in [-0.2, 0) is 94.9 Å². The Morgan fingerprint density at radius 1 is 0.482 bits per heavy atom. The molecule has 137 heavy (non-hydrogen) atoms. The van der Waals surface area contributed by atoms with Crippen molar-refractivity contribution in [1.29, 1.82) is 5.26 Å². The molecule has 4 aliphatic rings. The third-order valence-electron chi connectivity index (χ3n) is 19.6. The zero-order valence-corrected chi connectivity index (χ0v) is 92.2. The Morgan fingerprint density at radius 2 is 0.839 bits per heavy atom. The van der Waals surface area contributed by atoms with Crippen LogP contribution in [0, 0.1) is 59.8 Å². The number of hydrogen-bond acceptors (Lipinski definition) is 36. The number of rotatable bonds is 21. The molecule has 30 nitrogen and oxygen atoms in total. The number of benzene rings is 3. The molecular weight excluding hydrogens is 1970 g/mol. The molecule has 6 unspecified atom stereocenters. The lowest BCUT2D eigenvalue weighted by molar-refractivity contribution is -0.165. The highest BCUT2D eigenvalue weighted by Crippen LogP contribution is 2.44. The molecule has 2 N–H and O–H groups in total. The Bertz CT molecular complexity index is 5690. The molecule has 7 aromatic heterocycles. The first kappa shape index (κ1) is 115. The Hall–Kier alpha value is -8.58. The van der Waals surface area contributed by atoms with Crippen molar-refractivity contribution < 1.29 is 105 Å². The molecular formula is C97H130BBrN8O22S7Si. The van der Waals surface area contributed by atoms with Gasteiger partial charge in [0.1, 0.15) is 28.6 Å². The summed E-state index contributed by atoms with van der Waals surface area (Å²) in [6, 6.07) is 20.6. The molecule has 0 amide bonds. The van der Waals surface area contributed by atoms with E-state index in [1.54, 1.807) is 40.4 Å². The number of aldehydes is 1. The molecule has 11 heterocycles. The standard InChI is InChI=1S/C20H25NO4S.C19H23NO4S.C15H21BO3.C11H16BrNO3S.C11H17NO3S.C9H14N2OSSi.C7H9NO3S.C5H5NOS/c1-12-21-16(17(19(22)23-5)25-20(2,3)4)18(26-12)14-8-9-15-13(11-14)7-6-10-24-15;1-11-20-15(16(18(21)22)24-19(2,3)4)17(25-11)13-7-8-14-12(10-13)6-5-9-23-14;1-14(2)15(3,4)19-16(18-14)12-7-8-13-11(10-12)6-5-9-17-13;1-6-13-7(9(12)17-6)8(10(14)15-5)16-11(2,3)4;1-7-12-8(6-16-7)9(10(13)14-5)15-11(2,3)4;1-7-11-8(6-13-7)9(5-10)12-14(2,3)4;1-4-8-5(3-12-4)6(9)7(10)11-2;1-4-6-5(2-7)3-8-4/h8-9,11,17H,6-7,10H2,1-5H3;7-8,10,16H,5-6,9H2,1-4H3,(H,21,22);7-8,10H,5-6,9H2,1-4H3;8H,1-5H3;6,9H,1-5H3;6,9H,1-4H3;3,6,9H,1-2H3;2-3H,1H3. The minimum absolute atomic E-state index is 0.280. The Morgan fingerprint density at radius 3 is 1.20 bits per heavy atom. The molecule has 0 aliphatic carbocycles. The van der Waals surface area contributed by atoms with E-state index in [0.717, 1.165) is 158 Å². The second-order valence-corrected chi connectivity index (χ2v) is 51.2. The SMILES string of the molecule is CC1(C)OB(c2ccc3c(c2)CCCO3)OC1(C)C.COC(=O)C(O)c1csc(C)n1.COC(=O)C(OC(C)(C)C)c1csc(C)n1.COC(=O)C(OC(C)(C)C)c1nc(C)sc1-c1ccc2c(c1)CCCO2.COC(=O)C(OC(C)(C)C)c1nc(C)sc1Br.Cc1nc(C(C#N)O[Si](C)(C)C)cs1.Cc1nc(C(OC(C)(C)C)C(=O)O)c(-c2ccc3c(c2)CCCO3)s1.Cc1nc(C=O)cs1. The highest BCUT2D eigenvalue weighted by Gasteiger charge is 2.52. The Labute approximate surface area is 842 Å². The van der Waals surface area contributed by atoms with Gasteiger partial charge in [0.25, 0.3) is 0 Å². The van der Waals surface area contributed by atoms with Gasteiger partial charge in [0, 0.05) is 21.5 Å². The van der Waals surface area contributed by atoms with Gasteiger partial charge in [-0.25, -0.2) is 58.9 Å². The predicted octanol–water partition coefficient (Wildman–Crippen LogP) is 21.7. The van der Waals surface area contributed by atoms with Crippen molar-refractivity contribution in [3.05, 3.63) is 172 Å². The summed E-state index contributed by atoms with van der Waals surface area (Å²) in [5, 5.41) is 41.2. The molecule has 4 aliphatic heterocycles. The number of methoxy groups -OCH3 is 4. The van der Waals surface area contributed by atoms with Crippen LogP contribution in [-0.4, -0.2) is 179 Å². The molecule has 0 saturated carbocycles. The fourth-order valence-corrected chi connectivity index (χ4v) is 19.9. The number of aromatic nitrogens is 7. The molecule has 0 spiro atoms. The number of aliphatic hydroxyl groups excluding tert-OH is 1. The van der Waals surface area contributed by atoms with Crippen molar-refractivity contribution in [2.75, 3.05) is 48.3 Å². The van der Waals surface area contributed by atoms with Crippen molar-refractivity contribution in [3.63, 3.8) is 0 Å². The molecule has 10 aromatic rings. The van der Waals surface area contributed by atoms with Gasteiger partial charge in [0.05, 0.1) is 165 Å². The van der Waals surface area contributed by atoms with E-state index in [1.165, 1.54) is 96.3 Å². The van der Waals surface area contributed by atoms with E-state index >= 15 is 0 Å². The van der Waals surface area contributed by atoms with E-state index in [9.17, 15) is 39.0 Å². The van der Waals surface area contributed by atoms with Gasteiger partial charge in [0.15, 0.2) is 51.2 Å². The number of aryl methyl sites for hydroxylation is 10. The van der Waals surface area contributed by atoms with Gasteiger partial charge in [-0.3, -0.25) is 4.79 Å². The molecule has 6 atom stereocenters. The smallest absolute Gasteiger partial charge is 0.493 e. The molecule has 0 bridgehead atoms. The lowest BCUT2D eigenvalue weighted by atomic mass is 9.78. The summed E-state index contributed by atoms with van der Waals surface area (Å²) < 4.78 is 77.7. The van der Waals surface area contributed by atoms with Crippen LogP contribution in [0.2, 0.25) is 19.6 Å². The van der Waals surface area contributed by atoms with Crippen molar-refractivity contribution >= 4 is 152 Å². The average Bonchev–Trinajstić information content (AvgIpc) is 1.62. The zero-order chi connectivity index (χ0) is 102. The molecule has 14 rings (SSSR count). The molecule has 746 valence electrons. The van der Waals surface area contributed by atoms with Crippen molar-refractivity contribution in [2.24, 2.45) is 0 Å². The van der Waals surface area contributed by atoms with Crippen LogP contribution in [0.4, 0.5) is 0 Å². The molecule has 0 radical (unpaired) electrons. The van der Waals surface area contributed by atoms with E-state index in [2.05, 4.69) is 127 Å². The number of thiazole rings is 7. The fourth-order valence-electron chi connectivity index (χ4n) is 13.0. The number of carbonyl (C=O) groups excluding carboxylic acids is 5. The first-order chi connectivity index (χ1) is 63.9. The number of aliphatic hydroxyl groups is 1.